The molecule has 7 nitrogen and oxygen atoms in total. The number of aromatic amines is 1. The van der Waals surface area contributed by atoms with E-state index in [4.69, 9.17) is 11.6 Å². The van der Waals surface area contributed by atoms with Crippen molar-refractivity contribution in [3.05, 3.63) is 71.8 Å². The second-order valence-corrected chi connectivity index (χ2v) is 4.31. The van der Waals surface area contributed by atoms with Gasteiger partial charge >= 0.3 is 11.4 Å². The number of nitrogens with zero attached hydrogens (tertiary/aromatic N) is 2. The van der Waals surface area contributed by atoms with Crippen LogP contribution in [0.5, 0.6) is 0 Å². The van der Waals surface area contributed by atoms with E-state index in [0.717, 1.165) is 22.9 Å². The molecule has 2 aromatic rings. The molecule has 9 heteroatoms. The average molecular weight is 300 g/mol. The molecule has 0 bridgehead atoms. The lowest BCUT2D eigenvalue weighted by Gasteiger charge is -2.05. The first-order valence-corrected chi connectivity index (χ1v) is 5.68. The summed E-state index contributed by atoms with van der Waals surface area (Å²) in [4.78, 5) is 34.2. The van der Waals surface area contributed by atoms with Crippen LogP contribution in [0.1, 0.15) is 5.56 Å². The Bertz CT molecular complexity index is 799. The van der Waals surface area contributed by atoms with Gasteiger partial charge in [-0.1, -0.05) is 17.7 Å². The van der Waals surface area contributed by atoms with Gasteiger partial charge in [-0.25, -0.2) is 4.79 Å². The fourth-order valence-corrected chi connectivity index (χ4v) is 1.76. The SMILES string of the molecule is O=c1[nH]c(=O)n(Cc2ccc([N+](=O)[O-])c(F)c2)cc1Cl. The first kappa shape index (κ1) is 13.9. The molecule has 0 amide bonds. The predicted octanol–water partition coefficient (Wildman–Crippen LogP) is 1.29. The molecule has 0 atom stereocenters. The molecule has 0 fully saturated rings. The Kier molecular flexibility index (Phi) is 3.66. The zero-order valence-electron chi connectivity index (χ0n) is 9.80. The molecule has 0 aliphatic heterocycles. The monoisotopic (exact) mass is 299 g/mol. The quantitative estimate of drug-likeness (QED) is 0.682. The van der Waals surface area contributed by atoms with Crippen LogP contribution in [0.2, 0.25) is 5.02 Å². The maximum atomic E-state index is 13.4. The summed E-state index contributed by atoms with van der Waals surface area (Å²) in [5.74, 6) is -1.00. The number of nitro groups is 1. The number of halogens is 2. The number of nitro benzene ring substituents is 1. The highest BCUT2D eigenvalue weighted by Crippen LogP contribution is 2.18. The van der Waals surface area contributed by atoms with Crippen molar-refractivity contribution in [1.29, 1.82) is 0 Å². The lowest BCUT2D eigenvalue weighted by atomic mass is 10.2. The molecular formula is C11H7ClFN3O4. The van der Waals surface area contributed by atoms with Gasteiger partial charge < -0.3 is 0 Å². The highest BCUT2D eigenvalue weighted by atomic mass is 35.5. The standard InChI is InChI=1S/C11H7ClFN3O4/c12-7-5-15(11(18)14-10(7)17)4-6-1-2-9(16(19)20)8(13)3-6/h1-3,5H,4H2,(H,14,17,18). The first-order chi connectivity index (χ1) is 9.38. The van der Waals surface area contributed by atoms with E-state index in [1.165, 1.54) is 6.07 Å². The van der Waals surface area contributed by atoms with E-state index in [2.05, 4.69) is 0 Å². The Hall–Kier alpha value is -2.48. The van der Waals surface area contributed by atoms with E-state index in [1.807, 2.05) is 4.98 Å². The summed E-state index contributed by atoms with van der Waals surface area (Å²) >= 11 is 5.58. The lowest BCUT2D eigenvalue weighted by Crippen LogP contribution is -2.29. The minimum Gasteiger partial charge on any atom is -0.295 e. The van der Waals surface area contributed by atoms with Crippen molar-refractivity contribution in [1.82, 2.24) is 9.55 Å². The number of hydrogen-bond donors (Lipinski definition) is 1. The Morgan fingerprint density at radius 3 is 2.70 bits per heavy atom. The topological polar surface area (TPSA) is 98.0 Å². The van der Waals surface area contributed by atoms with E-state index in [0.29, 0.717) is 5.56 Å². The summed E-state index contributed by atoms with van der Waals surface area (Å²) < 4.78 is 14.5. The molecule has 1 heterocycles. The van der Waals surface area contributed by atoms with E-state index < -0.39 is 27.7 Å². The normalized spacial score (nSPS) is 10.5. The average Bonchev–Trinajstić information content (AvgIpc) is 2.35. The molecule has 0 saturated carbocycles. The van der Waals surface area contributed by atoms with Crippen molar-refractivity contribution in [2.24, 2.45) is 0 Å². The molecular weight excluding hydrogens is 293 g/mol. The van der Waals surface area contributed by atoms with Crippen molar-refractivity contribution in [2.75, 3.05) is 0 Å². The number of H-pyrrole nitrogens is 1. The largest absolute Gasteiger partial charge is 0.328 e. The maximum Gasteiger partial charge on any atom is 0.328 e. The summed E-state index contributed by atoms with van der Waals surface area (Å²) in [7, 11) is 0. The fraction of sp³-hybridized carbons (Fsp3) is 0.0909. The summed E-state index contributed by atoms with van der Waals surface area (Å²) in [6.45, 7) is -0.0791. The molecule has 0 unspecified atom stereocenters. The van der Waals surface area contributed by atoms with E-state index in [-0.39, 0.29) is 11.6 Å². The van der Waals surface area contributed by atoms with Crippen LogP contribution in [0.4, 0.5) is 10.1 Å². The van der Waals surface area contributed by atoms with Gasteiger partial charge in [0.1, 0.15) is 5.02 Å². The van der Waals surface area contributed by atoms with Crippen molar-refractivity contribution < 1.29 is 9.31 Å². The number of rotatable bonds is 3. The van der Waals surface area contributed by atoms with Crippen molar-refractivity contribution in [3.63, 3.8) is 0 Å². The second-order valence-electron chi connectivity index (χ2n) is 3.91. The lowest BCUT2D eigenvalue weighted by molar-refractivity contribution is -0.387. The Morgan fingerprint density at radius 2 is 2.10 bits per heavy atom. The maximum absolute atomic E-state index is 13.4. The minimum absolute atomic E-state index is 0.0791. The molecule has 20 heavy (non-hydrogen) atoms. The molecule has 0 saturated heterocycles. The third-order valence-electron chi connectivity index (χ3n) is 2.53. The molecule has 1 aromatic heterocycles. The van der Waals surface area contributed by atoms with Crippen molar-refractivity contribution in [2.45, 2.75) is 6.54 Å². The van der Waals surface area contributed by atoms with Gasteiger partial charge in [0.05, 0.1) is 11.5 Å². The molecule has 0 aliphatic carbocycles. The summed E-state index contributed by atoms with van der Waals surface area (Å²) in [6, 6.07) is 3.26. The van der Waals surface area contributed by atoms with Gasteiger partial charge in [-0.3, -0.25) is 24.5 Å². The minimum atomic E-state index is -1.00. The third kappa shape index (κ3) is 2.75. The Labute approximate surface area is 115 Å². The molecule has 104 valence electrons. The van der Waals surface area contributed by atoms with Crippen LogP contribution in [0, 0.1) is 15.9 Å². The smallest absolute Gasteiger partial charge is 0.295 e. The molecule has 1 aromatic carbocycles. The van der Waals surface area contributed by atoms with Crippen LogP contribution < -0.4 is 11.2 Å². The zero-order chi connectivity index (χ0) is 14.9. The number of nitrogens with one attached hydrogen (secondary N) is 1. The number of hydrogen-bond acceptors (Lipinski definition) is 4. The highest BCUT2D eigenvalue weighted by molar-refractivity contribution is 6.30. The van der Waals surface area contributed by atoms with Crippen LogP contribution in [0.3, 0.4) is 0 Å². The molecule has 1 N–H and O–H groups in total. The van der Waals surface area contributed by atoms with E-state index in [1.54, 1.807) is 0 Å². The van der Waals surface area contributed by atoms with E-state index >= 15 is 0 Å². The summed E-state index contributed by atoms with van der Waals surface area (Å²) in [6.07, 6.45) is 1.11. The Balaban J connectivity index is 2.38. The van der Waals surface area contributed by atoms with Gasteiger partial charge in [-0.05, 0) is 11.6 Å². The van der Waals surface area contributed by atoms with Gasteiger partial charge in [0.25, 0.3) is 5.56 Å². The number of aromatic nitrogens is 2. The van der Waals surface area contributed by atoms with Gasteiger partial charge in [0.15, 0.2) is 0 Å². The van der Waals surface area contributed by atoms with Gasteiger partial charge in [-0.2, -0.15) is 4.39 Å². The van der Waals surface area contributed by atoms with Crippen LogP contribution in [0.15, 0.2) is 34.0 Å². The van der Waals surface area contributed by atoms with Crippen LogP contribution >= 0.6 is 11.6 Å². The molecule has 0 radical (unpaired) electrons. The first-order valence-electron chi connectivity index (χ1n) is 5.30. The van der Waals surface area contributed by atoms with Gasteiger partial charge in [-0.15, -0.1) is 0 Å². The van der Waals surface area contributed by atoms with Gasteiger partial charge in [0, 0.05) is 12.3 Å². The van der Waals surface area contributed by atoms with Crippen molar-refractivity contribution in [3.8, 4) is 0 Å². The number of benzene rings is 1. The summed E-state index contributed by atoms with van der Waals surface area (Å²) in [5.41, 5.74) is -1.76. The van der Waals surface area contributed by atoms with Gasteiger partial charge in [0.2, 0.25) is 5.82 Å². The summed E-state index contributed by atoms with van der Waals surface area (Å²) in [5, 5.41) is 10.3. The van der Waals surface area contributed by atoms with E-state index in [9.17, 15) is 24.1 Å². The third-order valence-corrected chi connectivity index (χ3v) is 2.80. The van der Waals surface area contributed by atoms with Crippen LogP contribution in [-0.4, -0.2) is 14.5 Å². The molecule has 0 aliphatic rings. The predicted molar refractivity (Wildman–Crippen MR) is 68.5 cm³/mol. The molecule has 2 rings (SSSR count). The highest BCUT2D eigenvalue weighted by Gasteiger charge is 2.14. The van der Waals surface area contributed by atoms with Crippen LogP contribution in [-0.2, 0) is 6.54 Å². The van der Waals surface area contributed by atoms with Crippen LogP contribution in [0.25, 0.3) is 0 Å². The fourth-order valence-electron chi connectivity index (χ4n) is 1.59. The molecule has 0 spiro atoms. The van der Waals surface area contributed by atoms with Crippen molar-refractivity contribution >= 4 is 17.3 Å². The Morgan fingerprint density at radius 1 is 1.40 bits per heavy atom. The second kappa shape index (κ2) is 5.25. The zero-order valence-corrected chi connectivity index (χ0v) is 10.6.